The molecule has 6 nitrogen and oxygen atoms in total. The normalized spacial score (nSPS) is 49.3. The summed E-state index contributed by atoms with van der Waals surface area (Å²) < 4.78 is 67.4. The van der Waals surface area contributed by atoms with Crippen LogP contribution in [-0.4, -0.2) is 54.9 Å². The van der Waals surface area contributed by atoms with Gasteiger partial charge >= 0.3 is 15.4 Å². The molecule has 0 aromatic heterocycles. The number of halogens is 2. The van der Waals surface area contributed by atoms with Crippen molar-refractivity contribution in [2.45, 2.75) is 55.0 Å². The topological polar surface area (TPSA) is 93.1 Å². The van der Waals surface area contributed by atoms with Crippen LogP contribution < -0.4 is 0 Å². The first kappa shape index (κ1) is 17.1. The molecule has 3 bridgehead atoms. The van der Waals surface area contributed by atoms with E-state index >= 15 is 0 Å². The van der Waals surface area contributed by atoms with Crippen LogP contribution in [0.2, 0.25) is 0 Å². The average Bonchev–Trinajstić information content (AvgIpc) is 2.71. The molecule has 2 N–H and O–H groups in total. The fraction of sp³-hybridized carbons (Fsp3) is 1.00. The summed E-state index contributed by atoms with van der Waals surface area (Å²) >= 11 is 0. The SMILES string of the molecule is COC12CC3CC4(COCC(F)(F)S(=O)(=O)O)CC(O)(C1)C4(C3)C2. The molecule has 0 aliphatic heterocycles. The number of fused-ring (bicyclic) bond motifs is 2. The number of methoxy groups -OCH3 is 1. The fourth-order valence-electron chi connectivity index (χ4n) is 6.61. The Balaban J connectivity index is 1.52. The molecular weight excluding hydrogens is 346 g/mol. The number of ether oxygens (including phenoxy) is 2. The van der Waals surface area contributed by atoms with Crippen LogP contribution in [0, 0.1) is 16.7 Å². The second-order valence-corrected chi connectivity index (χ2v) is 9.94. The molecule has 9 heteroatoms. The van der Waals surface area contributed by atoms with Crippen LogP contribution in [0.25, 0.3) is 0 Å². The second-order valence-electron chi connectivity index (χ2n) is 8.40. The first-order valence-electron chi connectivity index (χ1n) is 8.13. The van der Waals surface area contributed by atoms with E-state index in [2.05, 4.69) is 0 Å². The van der Waals surface area contributed by atoms with Crippen molar-refractivity contribution in [3.05, 3.63) is 0 Å². The summed E-state index contributed by atoms with van der Waals surface area (Å²) in [6.45, 7) is -1.40. The Kier molecular flexibility index (Phi) is 3.19. The summed E-state index contributed by atoms with van der Waals surface area (Å²) in [6.07, 6.45) is 4.21. The quantitative estimate of drug-likeness (QED) is 0.692. The van der Waals surface area contributed by atoms with Gasteiger partial charge in [-0.15, -0.1) is 0 Å². The minimum Gasteiger partial charge on any atom is -0.389 e. The third kappa shape index (κ3) is 1.85. The largest absolute Gasteiger partial charge is 0.392 e. The number of hydrogen-bond acceptors (Lipinski definition) is 5. The molecule has 4 fully saturated rings. The van der Waals surface area contributed by atoms with Gasteiger partial charge in [-0.3, -0.25) is 4.55 Å². The molecule has 0 aromatic carbocycles. The van der Waals surface area contributed by atoms with Crippen LogP contribution in [-0.2, 0) is 19.6 Å². The Morgan fingerprint density at radius 3 is 2.54 bits per heavy atom. The molecule has 0 heterocycles. The summed E-state index contributed by atoms with van der Waals surface area (Å²) in [5, 5.41) is 6.72. The van der Waals surface area contributed by atoms with Gasteiger partial charge in [-0.05, 0) is 38.0 Å². The molecule has 4 saturated carbocycles. The fourth-order valence-corrected chi connectivity index (χ4v) is 6.84. The number of alkyl halides is 2. The van der Waals surface area contributed by atoms with Crippen LogP contribution >= 0.6 is 0 Å². The highest BCUT2D eigenvalue weighted by Crippen LogP contribution is 2.83. The van der Waals surface area contributed by atoms with E-state index in [1.165, 1.54) is 0 Å². The summed E-state index contributed by atoms with van der Waals surface area (Å²) in [5.74, 6) is 0.362. The summed E-state index contributed by atoms with van der Waals surface area (Å²) in [6, 6.07) is 0. The van der Waals surface area contributed by atoms with Gasteiger partial charge in [0.05, 0.1) is 17.8 Å². The van der Waals surface area contributed by atoms with Gasteiger partial charge in [0.25, 0.3) is 0 Å². The maximum atomic E-state index is 13.4. The van der Waals surface area contributed by atoms with Gasteiger partial charge in [-0.2, -0.15) is 17.2 Å². The Morgan fingerprint density at radius 1 is 1.21 bits per heavy atom. The molecule has 0 aromatic rings. The van der Waals surface area contributed by atoms with Crippen molar-refractivity contribution in [3.63, 3.8) is 0 Å². The van der Waals surface area contributed by atoms with Crippen molar-refractivity contribution in [2.75, 3.05) is 20.3 Å². The van der Waals surface area contributed by atoms with Crippen LogP contribution in [0.4, 0.5) is 8.78 Å². The molecule has 24 heavy (non-hydrogen) atoms. The summed E-state index contributed by atoms with van der Waals surface area (Å²) in [5.41, 5.74) is -1.97. The van der Waals surface area contributed by atoms with E-state index in [0.29, 0.717) is 25.2 Å². The average molecular weight is 368 g/mol. The molecule has 5 unspecified atom stereocenters. The molecule has 4 aliphatic rings. The van der Waals surface area contributed by atoms with Crippen LogP contribution in [0.15, 0.2) is 0 Å². The zero-order valence-electron chi connectivity index (χ0n) is 13.4. The maximum Gasteiger partial charge on any atom is 0.392 e. The number of hydrogen-bond donors (Lipinski definition) is 2. The Bertz CT molecular complexity index is 683. The molecule has 4 aliphatic carbocycles. The highest BCUT2D eigenvalue weighted by Gasteiger charge is 2.84. The summed E-state index contributed by atoms with van der Waals surface area (Å²) in [7, 11) is -3.84. The van der Waals surface area contributed by atoms with Crippen molar-refractivity contribution in [1.82, 2.24) is 0 Å². The van der Waals surface area contributed by atoms with Crippen molar-refractivity contribution in [2.24, 2.45) is 16.7 Å². The van der Waals surface area contributed by atoms with Crippen molar-refractivity contribution in [3.8, 4) is 0 Å². The van der Waals surface area contributed by atoms with E-state index in [0.717, 1.165) is 19.3 Å². The first-order valence-corrected chi connectivity index (χ1v) is 9.57. The van der Waals surface area contributed by atoms with Gasteiger partial charge in [0.15, 0.2) is 0 Å². The van der Waals surface area contributed by atoms with Crippen LogP contribution in [0.1, 0.15) is 38.5 Å². The number of aliphatic hydroxyl groups is 1. The molecule has 4 rings (SSSR count). The van der Waals surface area contributed by atoms with E-state index in [-0.39, 0.29) is 17.6 Å². The highest BCUT2D eigenvalue weighted by molar-refractivity contribution is 7.86. The molecule has 1 spiro atoms. The molecule has 5 atom stereocenters. The minimum atomic E-state index is -5.49. The zero-order chi connectivity index (χ0) is 17.6. The minimum absolute atomic E-state index is 0.0310. The third-order valence-electron chi connectivity index (χ3n) is 7.21. The van der Waals surface area contributed by atoms with Crippen LogP contribution in [0.5, 0.6) is 0 Å². The molecule has 0 radical (unpaired) electrons. The summed E-state index contributed by atoms with van der Waals surface area (Å²) in [4.78, 5) is 0. The van der Waals surface area contributed by atoms with Gasteiger partial charge < -0.3 is 14.6 Å². The zero-order valence-corrected chi connectivity index (χ0v) is 14.2. The van der Waals surface area contributed by atoms with E-state index in [9.17, 15) is 22.3 Å². The third-order valence-corrected chi connectivity index (χ3v) is 8.08. The smallest absolute Gasteiger partial charge is 0.389 e. The van der Waals surface area contributed by atoms with Gasteiger partial charge in [0.1, 0.15) is 6.61 Å². The monoisotopic (exact) mass is 368 g/mol. The predicted octanol–water partition coefficient (Wildman–Crippen LogP) is 1.58. The molecule has 0 amide bonds. The molecular formula is C15H22F2O6S. The van der Waals surface area contributed by atoms with E-state index < -0.39 is 33.0 Å². The molecule has 0 saturated heterocycles. The standard InChI is InChI=1S/C15H22F2O6S/c1-22-12-3-10-2-11(8-23-9-15(16,17)24(19,20)21)5-14(18,7-12)13(11,4-10)6-12/h10,18H,2-9H2,1H3,(H,19,20,21). The lowest BCUT2D eigenvalue weighted by Crippen LogP contribution is -2.66. The molecule has 138 valence electrons. The predicted molar refractivity (Wildman–Crippen MR) is 78.1 cm³/mol. The Hall–Kier alpha value is -0.350. The first-order chi connectivity index (χ1) is 10.9. The van der Waals surface area contributed by atoms with Gasteiger partial charge in [0, 0.05) is 24.4 Å². The lowest BCUT2D eigenvalue weighted by Gasteiger charge is -2.63. The van der Waals surface area contributed by atoms with Crippen molar-refractivity contribution in [1.29, 1.82) is 0 Å². The van der Waals surface area contributed by atoms with Gasteiger partial charge in [0.2, 0.25) is 0 Å². The number of rotatable bonds is 6. The van der Waals surface area contributed by atoms with Gasteiger partial charge in [-0.1, -0.05) is 0 Å². The Morgan fingerprint density at radius 2 is 1.92 bits per heavy atom. The van der Waals surface area contributed by atoms with Gasteiger partial charge in [-0.25, -0.2) is 0 Å². The van der Waals surface area contributed by atoms with E-state index in [1.807, 2.05) is 0 Å². The highest BCUT2D eigenvalue weighted by atomic mass is 32.2. The Labute approximate surface area is 139 Å². The van der Waals surface area contributed by atoms with Crippen molar-refractivity contribution >= 4 is 10.1 Å². The lowest BCUT2D eigenvalue weighted by atomic mass is 9.44. The second kappa shape index (κ2) is 4.49. The van der Waals surface area contributed by atoms with Crippen LogP contribution in [0.3, 0.4) is 0 Å². The lowest BCUT2D eigenvalue weighted by molar-refractivity contribution is -0.253. The van der Waals surface area contributed by atoms with E-state index in [1.54, 1.807) is 7.11 Å². The van der Waals surface area contributed by atoms with E-state index in [4.69, 9.17) is 14.0 Å². The van der Waals surface area contributed by atoms with Crippen molar-refractivity contribution < 1.29 is 36.3 Å². The maximum absolute atomic E-state index is 13.4.